The number of pyridine rings is 1. The Bertz CT molecular complexity index is 1500. The molecule has 1 N–H and O–H groups in total. The molecule has 8 heteroatoms. The van der Waals surface area contributed by atoms with Crippen molar-refractivity contribution in [3.05, 3.63) is 82.2 Å². The molecule has 31 heavy (non-hydrogen) atoms. The fraction of sp³-hybridized carbons (Fsp3) is 0.174. The van der Waals surface area contributed by atoms with Crippen LogP contribution in [-0.4, -0.2) is 24.2 Å². The number of rotatable bonds is 3. The number of aryl methyl sites for hydroxylation is 1. The van der Waals surface area contributed by atoms with Gasteiger partial charge in [0.05, 0.1) is 12.3 Å². The number of sulfone groups is 1. The van der Waals surface area contributed by atoms with Gasteiger partial charge in [-0.15, -0.1) is 0 Å². The highest BCUT2D eigenvalue weighted by Gasteiger charge is 2.26. The fourth-order valence-corrected chi connectivity index (χ4v) is 5.08. The lowest BCUT2D eigenvalue weighted by Gasteiger charge is -2.26. The third-order valence-corrected chi connectivity index (χ3v) is 6.48. The second kappa shape index (κ2) is 6.81. The predicted molar refractivity (Wildman–Crippen MR) is 120 cm³/mol. The fourth-order valence-electron chi connectivity index (χ4n) is 4.30. The van der Waals surface area contributed by atoms with E-state index in [1.165, 1.54) is 23.0 Å². The van der Waals surface area contributed by atoms with E-state index >= 15 is 0 Å². The number of halogens is 1. The van der Waals surface area contributed by atoms with Crippen LogP contribution in [0.2, 0.25) is 0 Å². The van der Waals surface area contributed by atoms with Crippen LogP contribution in [0.25, 0.3) is 22.0 Å². The van der Waals surface area contributed by atoms with Crippen LogP contribution in [0.1, 0.15) is 11.1 Å². The number of aromatic amines is 1. The van der Waals surface area contributed by atoms with E-state index in [1.807, 2.05) is 23.2 Å². The predicted octanol–water partition coefficient (Wildman–Crippen LogP) is 3.87. The van der Waals surface area contributed by atoms with Crippen molar-refractivity contribution in [2.24, 2.45) is 7.05 Å². The molecule has 3 heterocycles. The van der Waals surface area contributed by atoms with Gasteiger partial charge in [0.2, 0.25) is 0 Å². The Morgan fingerprint density at radius 2 is 1.84 bits per heavy atom. The van der Waals surface area contributed by atoms with Gasteiger partial charge in [-0.2, -0.15) is 0 Å². The lowest BCUT2D eigenvalue weighted by molar-refractivity contribution is 0.601. The SMILES string of the molecule is Cn1cc2c3c(c[nH]c3c1=O)CN(c1ccc(F)cc1)c1ccc(CS(C)(=O)=O)cc1-2. The largest absolute Gasteiger partial charge is 0.356 e. The van der Waals surface area contributed by atoms with Crippen molar-refractivity contribution in [2.75, 3.05) is 11.2 Å². The number of hydrogen-bond donors (Lipinski definition) is 1. The van der Waals surface area contributed by atoms with E-state index in [0.717, 1.165) is 33.5 Å². The Hall–Kier alpha value is -3.39. The van der Waals surface area contributed by atoms with E-state index in [-0.39, 0.29) is 17.1 Å². The zero-order valence-electron chi connectivity index (χ0n) is 17.0. The molecule has 0 unspecified atom stereocenters. The first-order valence-electron chi connectivity index (χ1n) is 9.75. The summed E-state index contributed by atoms with van der Waals surface area (Å²) in [6.07, 6.45) is 4.83. The van der Waals surface area contributed by atoms with Gasteiger partial charge in [-0.05, 0) is 47.5 Å². The standard InChI is InChI=1S/C23H20FN3O3S/c1-26-12-19-18-9-14(13-31(2,29)30)3-8-20(18)27(17-6-4-16(24)5-7-17)11-15-10-25-22(21(15)19)23(26)28/h3-10,12,25H,11,13H2,1-2H3. The smallest absolute Gasteiger partial charge is 0.274 e. The monoisotopic (exact) mass is 437 g/mol. The van der Waals surface area contributed by atoms with E-state index in [1.54, 1.807) is 31.4 Å². The van der Waals surface area contributed by atoms with Gasteiger partial charge in [-0.1, -0.05) is 6.07 Å². The maximum Gasteiger partial charge on any atom is 0.274 e. The quantitative estimate of drug-likeness (QED) is 0.528. The van der Waals surface area contributed by atoms with Gasteiger partial charge in [0.15, 0.2) is 9.84 Å². The molecule has 6 nitrogen and oxygen atoms in total. The zero-order chi connectivity index (χ0) is 21.9. The summed E-state index contributed by atoms with van der Waals surface area (Å²) in [6, 6.07) is 11.8. The van der Waals surface area contributed by atoms with E-state index in [4.69, 9.17) is 0 Å². The molecule has 0 aliphatic carbocycles. The molecule has 0 fully saturated rings. The number of H-pyrrole nitrogens is 1. The molecule has 0 spiro atoms. The molecule has 4 aromatic rings. The molecule has 0 saturated carbocycles. The molecule has 2 aromatic carbocycles. The molecule has 5 rings (SSSR count). The van der Waals surface area contributed by atoms with Crippen molar-refractivity contribution in [1.29, 1.82) is 0 Å². The third-order valence-electron chi connectivity index (χ3n) is 5.63. The first-order chi connectivity index (χ1) is 14.7. The van der Waals surface area contributed by atoms with Gasteiger partial charge < -0.3 is 14.5 Å². The molecule has 0 atom stereocenters. The second-order valence-corrected chi connectivity index (χ2v) is 10.1. The Kier molecular flexibility index (Phi) is 4.30. The molecule has 2 aromatic heterocycles. The Morgan fingerprint density at radius 3 is 2.55 bits per heavy atom. The molecular weight excluding hydrogens is 417 g/mol. The third kappa shape index (κ3) is 3.33. The summed E-state index contributed by atoms with van der Waals surface area (Å²) in [4.78, 5) is 17.9. The van der Waals surface area contributed by atoms with Crippen molar-refractivity contribution in [3.8, 4) is 11.1 Å². The van der Waals surface area contributed by atoms with Gasteiger partial charge >= 0.3 is 0 Å². The van der Waals surface area contributed by atoms with Crippen LogP contribution in [0.5, 0.6) is 0 Å². The first-order valence-corrected chi connectivity index (χ1v) is 11.8. The molecule has 0 bridgehead atoms. The van der Waals surface area contributed by atoms with Crippen LogP contribution in [0.3, 0.4) is 0 Å². The van der Waals surface area contributed by atoms with Crippen molar-refractivity contribution in [2.45, 2.75) is 12.3 Å². The first kappa shape index (κ1) is 19.6. The summed E-state index contributed by atoms with van der Waals surface area (Å²) in [5.74, 6) is -0.399. The molecule has 1 aliphatic rings. The molecule has 0 saturated heterocycles. The number of benzene rings is 2. The minimum absolute atomic E-state index is 0.0776. The minimum atomic E-state index is -3.22. The highest BCUT2D eigenvalue weighted by molar-refractivity contribution is 7.89. The van der Waals surface area contributed by atoms with Crippen LogP contribution < -0.4 is 10.5 Å². The van der Waals surface area contributed by atoms with Crippen LogP contribution >= 0.6 is 0 Å². The molecule has 0 radical (unpaired) electrons. The van der Waals surface area contributed by atoms with Crippen molar-refractivity contribution < 1.29 is 12.8 Å². The van der Waals surface area contributed by atoms with Gasteiger partial charge in [-0.25, -0.2) is 12.8 Å². The lowest BCUT2D eigenvalue weighted by Crippen LogP contribution is -2.16. The number of anilines is 2. The molecule has 158 valence electrons. The van der Waals surface area contributed by atoms with Crippen molar-refractivity contribution >= 4 is 32.1 Å². The van der Waals surface area contributed by atoms with Crippen LogP contribution in [-0.2, 0) is 29.2 Å². The summed E-state index contributed by atoms with van der Waals surface area (Å²) in [5.41, 5.74) is 5.32. The topological polar surface area (TPSA) is 75.2 Å². The summed E-state index contributed by atoms with van der Waals surface area (Å²) >= 11 is 0. The summed E-state index contributed by atoms with van der Waals surface area (Å²) in [6.45, 7) is 0.476. The van der Waals surface area contributed by atoms with E-state index in [9.17, 15) is 17.6 Å². The highest BCUT2D eigenvalue weighted by Crippen LogP contribution is 2.43. The van der Waals surface area contributed by atoms with Gasteiger partial charge in [0.1, 0.15) is 11.3 Å². The van der Waals surface area contributed by atoms with Crippen molar-refractivity contribution in [1.82, 2.24) is 9.55 Å². The summed E-state index contributed by atoms with van der Waals surface area (Å²) in [7, 11) is -1.52. The zero-order valence-corrected chi connectivity index (χ0v) is 17.8. The Balaban J connectivity index is 1.83. The molecule has 0 amide bonds. The summed E-state index contributed by atoms with van der Waals surface area (Å²) < 4.78 is 38.9. The number of nitrogens with one attached hydrogen (secondary N) is 1. The minimum Gasteiger partial charge on any atom is -0.356 e. The van der Waals surface area contributed by atoms with Crippen LogP contribution in [0, 0.1) is 5.82 Å². The molecular formula is C23H20FN3O3S. The number of aromatic nitrogens is 2. The summed E-state index contributed by atoms with van der Waals surface area (Å²) in [5, 5.41) is 0.825. The van der Waals surface area contributed by atoms with Gasteiger partial charge in [0, 0.05) is 53.6 Å². The average Bonchev–Trinajstić information content (AvgIpc) is 3.07. The number of nitrogens with zero attached hydrogens (tertiary/aromatic N) is 2. The van der Waals surface area contributed by atoms with E-state index < -0.39 is 9.84 Å². The highest BCUT2D eigenvalue weighted by atomic mass is 32.2. The Morgan fingerprint density at radius 1 is 1.10 bits per heavy atom. The molecule has 1 aliphatic heterocycles. The van der Waals surface area contributed by atoms with E-state index in [2.05, 4.69) is 4.98 Å². The van der Waals surface area contributed by atoms with Gasteiger partial charge in [0.25, 0.3) is 5.56 Å². The normalized spacial score (nSPS) is 13.3. The van der Waals surface area contributed by atoms with Gasteiger partial charge in [-0.3, -0.25) is 4.79 Å². The second-order valence-electron chi connectivity index (χ2n) is 8.01. The number of fused-ring (bicyclic) bond motifs is 2. The van der Waals surface area contributed by atoms with Crippen molar-refractivity contribution in [3.63, 3.8) is 0 Å². The van der Waals surface area contributed by atoms with E-state index in [0.29, 0.717) is 17.6 Å². The van der Waals surface area contributed by atoms with Crippen LogP contribution in [0.15, 0.2) is 59.7 Å². The lowest BCUT2D eigenvalue weighted by atomic mass is 9.99. The number of hydrogen-bond acceptors (Lipinski definition) is 4. The maximum atomic E-state index is 13.6. The maximum absolute atomic E-state index is 13.6. The van der Waals surface area contributed by atoms with Crippen LogP contribution in [0.4, 0.5) is 15.8 Å². The average molecular weight is 437 g/mol. The Labute approximate surface area is 178 Å².